The van der Waals surface area contributed by atoms with Gasteiger partial charge in [0.05, 0.1) is 0 Å². The van der Waals surface area contributed by atoms with E-state index in [0.29, 0.717) is 0 Å². The maximum absolute atomic E-state index is 2.48. The monoisotopic (exact) mass is 196 g/mol. The third-order valence-corrected chi connectivity index (χ3v) is 4.41. The summed E-state index contributed by atoms with van der Waals surface area (Å²) in [6, 6.07) is 0. The van der Waals surface area contributed by atoms with Crippen LogP contribution in [0.3, 0.4) is 0 Å². The van der Waals surface area contributed by atoms with Crippen molar-refractivity contribution in [3.05, 3.63) is 0 Å². The second kappa shape index (κ2) is 5.78. The third-order valence-electron chi connectivity index (χ3n) is 4.41. The topological polar surface area (TPSA) is 0 Å². The molecular weight excluding hydrogens is 168 g/mol. The fraction of sp³-hybridized carbons (Fsp3) is 1.00. The predicted molar refractivity (Wildman–Crippen MR) is 64.4 cm³/mol. The number of rotatable bonds is 0. The van der Waals surface area contributed by atoms with Crippen molar-refractivity contribution in [2.75, 3.05) is 0 Å². The minimum Gasteiger partial charge on any atom is -0.0683 e. The maximum atomic E-state index is 2.48. The largest absolute Gasteiger partial charge is 0.0683 e. The average Bonchev–Trinajstić information content (AvgIpc) is 2.23. The molecule has 2 fully saturated rings. The van der Waals surface area contributed by atoms with Gasteiger partial charge in [0.25, 0.3) is 0 Å². The van der Waals surface area contributed by atoms with Gasteiger partial charge in [0.1, 0.15) is 0 Å². The first kappa shape index (κ1) is 12.1. The molecule has 2 aliphatic carbocycles. The molecule has 0 heteroatoms. The summed E-state index contributed by atoms with van der Waals surface area (Å²) >= 11 is 0. The van der Waals surface area contributed by atoms with Gasteiger partial charge in [-0.05, 0) is 36.5 Å². The summed E-state index contributed by atoms with van der Waals surface area (Å²) in [7, 11) is 0. The van der Waals surface area contributed by atoms with Crippen molar-refractivity contribution in [1.82, 2.24) is 0 Å². The molecule has 0 saturated heterocycles. The fourth-order valence-corrected chi connectivity index (χ4v) is 3.62. The molecule has 0 N–H and O–H groups in total. The zero-order valence-corrected chi connectivity index (χ0v) is 10.6. The van der Waals surface area contributed by atoms with Crippen LogP contribution in [0, 0.1) is 23.7 Å². The van der Waals surface area contributed by atoms with Crippen molar-refractivity contribution in [2.24, 2.45) is 23.7 Å². The molecule has 2 saturated carbocycles. The Bertz CT molecular complexity index is 132. The SMILES string of the molecule is CC.CC1CCCC2C(C)CCCC12. The summed E-state index contributed by atoms with van der Waals surface area (Å²) in [5, 5.41) is 0. The summed E-state index contributed by atoms with van der Waals surface area (Å²) in [4.78, 5) is 0. The zero-order valence-electron chi connectivity index (χ0n) is 10.6. The first-order chi connectivity index (χ1) is 6.79. The van der Waals surface area contributed by atoms with Gasteiger partial charge in [-0.3, -0.25) is 0 Å². The Balaban J connectivity index is 0.000000461. The van der Waals surface area contributed by atoms with Crippen molar-refractivity contribution in [1.29, 1.82) is 0 Å². The summed E-state index contributed by atoms with van der Waals surface area (Å²) in [6.07, 6.45) is 9.10. The van der Waals surface area contributed by atoms with E-state index in [1.807, 2.05) is 13.8 Å². The normalized spacial score (nSPS) is 42.0. The van der Waals surface area contributed by atoms with E-state index in [1.54, 1.807) is 0 Å². The number of hydrogen-bond donors (Lipinski definition) is 0. The summed E-state index contributed by atoms with van der Waals surface area (Å²) in [6.45, 7) is 8.96. The third kappa shape index (κ3) is 2.52. The van der Waals surface area contributed by atoms with Gasteiger partial charge >= 0.3 is 0 Å². The van der Waals surface area contributed by atoms with Gasteiger partial charge < -0.3 is 0 Å². The Morgan fingerprint density at radius 3 is 1.36 bits per heavy atom. The molecule has 0 aliphatic heterocycles. The minimum atomic E-state index is 1.03. The van der Waals surface area contributed by atoms with Crippen LogP contribution in [0.4, 0.5) is 0 Å². The van der Waals surface area contributed by atoms with Crippen molar-refractivity contribution in [2.45, 2.75) is 66.2 Å². The summed E-state index contributed by atoms with van der Waals surface area (Å²) in [5.74, 6) is 4.27. The fourth-order valence-electron chi connectivity index (χ4n) is 3.62. The molecule has 2 rings (SSSR count). The minimum absolute atomic E-state index is 1.03. The first-order valence-electron chi connectivity index (χ1n) is 6.79. The van der Waals surface area contributed by atoms with E-state index in [0.717, 1.165) is 23.7 Å². The highest BCUT2D eigenvalue weighted by atomic mass is 14.4. The molecular formula is C14H28. The molecule has 0 bridgehead atoms. The molecule has 2 aliphatic rings. The second-order valence-electron chi connectivity index (χ2n) is 5.14. The van der Waals surface area contributed by atoms with E-state index in [4.69, 9.17) is 0 Å². The lowest BCUT2D eigenvalue weighted by atomic mass is 9.62. The lowest BCUT2D eigenvalue weighted by Crippen LogP contribution is -2.34. The summed E-state index contributed by atoms with van der Waals surface area (Å²) < 4.78 is 0. The highest BCUT2D eigenvalue weighted by molar-refractivity contribution is 4.86. The molecule has 0 heterocycles. The van der Waals surface area contributed by atoms with E-state index in [1.165, 1.54) is 38.5 Å². The predicted octanol–water partition coefficient (Wildman–Crippen LogP) is 4.89. The Morgan fingerprint density at radius 2 is 1.00 bits per heavy atom. The van der Waals surface area contributed by atoms with E-state index in [-0.39, 0.29) is 0 Å². The Labute approximate surface area is 90.5 Å². The highest BCUT2D eigenvalue weighted by Crippen LogP contribution is 2.46. The van der Waals surface area contributed by atoms with Gasteiger partial charge in [-0.15, -0.1) is 0 Å². The van der Waals surface area contributed by atoms with E-state index in [2.05, 4.69) is 13.8 Å². The molecule has 0 nitrogen and oxygen atoms in total. The highest BCUT2D eigenvalue weighted by Gasteiger charge is 2.35. The lowest BCUT2D eigenvalue weighted by molar-refractivity contribution is 0.0702. The van der Waals surface area contributed by atoms with E-state index in [9.17, 15) is 0 Å². The second-order valence-corrected chi connectivity index (χ2v) is 5.14. The smallest absolute Gasteiger partial charge is 0.0358 e. The van der Waals surface area contributed by atoms with Gasteiger partial charge in [-0.1, -0.05) is 53.4 Å². The molecule has 4 unspecified atom stereocenters. The number of fused-ring (bicyclic) bond motifs is 1. The molecule has 0 amide bonds. The standard InChI is InChI=1S/C12H22.C2H6/c1-9-5-3-8-12-10(2)6-4-7-11(9)12;1-2/h9-12H,3-8H2,1-2H3;1-2H3. The van der Waals surface area contributed by atoms with E-state index < -0.39 is 0 Å². The van der Waals surface area contributed by atoms with Crippen molar-refractivity contribution < 1.29 is 0 Å². The van der Waals surface area contributed by atoms with Gasteiger partial charge in [0.15, 0.2) is 0 Å². The molecule has 0 aromatic rings. The quantitative estimate of drug-likeness (QED) is 0.518. The Morgan fingerprint density at radius 1 is 0.643 bits per heavy atom. The van der Waals surface area contributed by atoms with Crippen molar-refractivity contribution in [3.63, 3.8) is 0 Å². The van der Waals surface area contributed by atoms with Crippen molar-refractivity contribution >= 4 is 0 Å². The molecule has 0 aromatic heterocycles. The molecule has 0 radical (unpaired) electrons. The zero-order chi connectivity index (χ0) is 10.6. The Kier molecular flexibility index (Phi) is 4.98. The van der Waals surface area contributed by atoms with Gasteiger partial charge in [0, 0.05) is 0 Å². The molecule has 0 aromatic carbocycles. The van der Waals surface area contributed by atoms with Crippen LogP contribution in [0.2, 0.25) is 0 Å². The van der Waals surface area contributed by atoms with Crippen LogP contribution >= 0.6 is 0 Å². The first-order valence-corrected chi connectivity index (χ1v) is 6.79. The van der Waals surface area contributed by atoms with Gasteiger partial charge in [-0.2, -0.15) is 0 Å². The van der Waals surface area contributed by atoms with Crippen LogP contribution < -0.4 is 0 Å². The van der Waals surface area contributed by atoms with Crippen LogP contribution in [0.25, 0.3) is 0 Å². The van der Waals surface area contributed by atoms with Gasteiger partial charge in [0.2, 0.25) is 0 Å². The van der Waals surface area contributed by atoms with Crippen LogP contribution in [-0.4, -0.2) is 0 Å². The molecule has 14 heavy (non-hydrogen) atoms. The van der Waals surface area contributed by atoms with Crippen LogP contribution in [0.15, 0.2) is 0 Å². The molecule has 84 valence electrons. The van der Waals surface area contributed by atoms with Crippen LogP contribution in [-0.2, 0) is 0 Å². The number of hydrogen-bond acceptors (Lipinski definition) is 0. The average molecular weight is 196 g/mol. The van der Waals surface area contributed by atoms with Crippen molar-refractivity contribution in [3.8, 4) is 0 Å². The lowest BCUT2D eigenvalue weighted by Gasteiger charge is -2.43. The molecule has 4 atom stereocenters. The van der Waals surface area contributed by atoms with Crippen LogP contribution in [0.1, 0.15) is 66.2 Å². The maximum Gasteiger partial charge on any atom is -0.0358 e. The van der Waals surface area contributed by atoms with Crippen LogP contribution in [0.5, 0.6) is 0 Å². The Hall–Kier alpha value is 0. The van der Waals surface area contributed by atoms with Gasteiger partial charge in [-0.25, -0.2) is 0 Å². The summed E-state index contributed by atoms with van der Waals surface area (Å²) in [5.41, 5.74) is 0. The van der Waals surface area contributed by atoms with E-state index >= 15 is 0 Å². The molecule has 0 spiro atoms.